The van der Waals surface area contributed by atoms with Gasteiger partial charge in [0.15, 0.2) is 0 Å². The molecule has 0 spiro atoms. The molecule has 1 atom stereocenters. The normalized spacial score (nSPS) is 22.9. The van der Waals surface area contributed by atoms with Gasteiger partial charge < -0.3 is 4.74 Å². The summed E-state index contributed by atoms with van der Waals surface area (Å²) in [5, 5.41) is 0. The van der Waals surface area contributed by atoms with E-state index in [0.29, 0.717) is 12.5 Å². The van der Waals surface area contributed by atoms with Crippen LogP contribution in [0.3, 0.4) is 0 Å². The van der Waals surface area contributed by atoms with Crippen molar-refractivity contribution in [1.29, 1.82) is 0 Å². The highest BCUT2D eigenvalue weighted by atomic mass is 16.5. The predicted octanol–water partition coefficient (Wildman–Crippen LogP) is 5.93. The van der Waals surface area contributed by atoms with E-state index in [1.807, 2.05) is 0 Å². The summed E-state index contributed by atoms with van der Waals surface area (Å²) in [6.45, 7) is 0.658. The zero-order valence-electron chi connectivity index (χ0n) is 17.3. The van der Waals surface area contributed by atoms with E-state index in [1.54, 1.807) is 0 Å². The Labute approximate surface area is 174 Å². The van der Waals surface area contributed by atoms with Gasteiger partial charge in [0.2, 0.25) is 5.90 Å². The molecule has 3 aliphatic rings. The Morgan fingerprint density at radius 1 is 0.828 bits per heavy atom. The van der Waals surface area contributed by atoms with E-state index in [2.05, 4.69) is 48.5 Å². The van der Waals surface area contributed by atoms with Crippen molar-refractivity contribution in [3.8, 4) is 0 Å². The highest BCUT2D eigenvalue weighted by molar-refractivity contribution is 5.93. The van der Waals surface area contributed by atoms with Crippen molar-refractivity contribution in [3.05, 3.63) is 65.5 Å². The van der Waals surface area contributed by atoms with E-state index >= 15 is 0 Å². The fourth-order valence-electron chi connectivity index (χ4n) is 5.80. The first kappa shape index (κ1) is 18.8. The molecule has 3 heteroatoms. The van der Waals surface area contributed by atoms with Gasteiger partial charge in [0.05, 0.1) is 6.04 Å². The Balaban J connectivity index is 1.36. The van der Waals surface area contributed by atoms with Gasteiger partial charge in [-0.3, -0.25) is 0 Å². The lowest BCUT2D eigenvalue weighted by Crippen LogP contribution is -2.20. The minimum Gasteiger partial charge on any atom is -0.474 e. The first-order valence-corrected chi connectivity index (χ1v) is 11.6. The van der Waals surface area contributed by atoms with Crippen LogP contribution in [0, 0.1) is 11.8 Å². The molecule has 29 heavy (non-hydrogen) atoms. The smallest absolute Gasteiger partial charge is 0.235 e. The zero-order valence-corrected chi connectivity index (χ0v) is 17.3. The molecule has 0 unspecified atom stereocenters. The maximum atomic E-state index is 6.00. The lowest BCUT2D eigenvalue weighted by Gasteiger charge is -2.29. The van der Waals surface area contributed by atoms with Crippen molar-refractivity contribution in [2.24, 2.45) is 16.8 Å². The number of pyridine rings is 1. The molecule has 0 N–H and O–H groups in total. The van der Waals surface area contributed by atoms with E-state index in [1.165, 1.54) is 62.6 Å². The number of ether oxygens (including phenoxy) is 1. The first-order chi connectivity index (χ1) is 14.4. The van der Waals surface area contributed by atoms with Gasteiger partial charge in [-0.05, 0) is 61.6 Å². The molecule has 1 aromatic carbocycles. The molecule has 2 heterocycles. The predicted molar refractivity (Wildman–Crippen MR) is 117 cm³/mol. The molecule has 5 rings (SSSR count). The first-order valence-electron chi connectivity index (χ1n) is 11.6. The van der Waals surface area contributed by atoms with Crippen LogP contribution in [0.25, 0.3) is 0 Å². The van der Waals surface area contributed by atoms with Gasteiger partial charge in [0.1, 0.15) is 12.3 Å². The third-order valence-electron chi connectivity index (χ3n) is 7.17. The van der Waals surface area contributed by atoms with Crippen LogP contribution >= 0.6 is 0 Å². The lowest BCUT2D eigenvalue weighted by atomic mass is 9.77. The van der Waals surface area contributed by atoms with E-state index in [9.17, 15) is 0 Å². The van der Waals surface area contributed by atoms with E-state index in [-0.39, 0.29) is 6.04 Å². The standard InChI is InChI=1S/C26H32N2O/c1-2-9-19(10-3-1)17-22-18-29-26(27-22)24-16-8-15-23(28-24)25(20-11-4-5-12-20)21-13-6-7-14-21/h1-3,8-10,15-16,20-22,25H,4-7,11-14,17-18H2/t22-/m0/s1. The molecular formula is C26H32N2O. The number of hydrogen-bond donors (Lipinski definition) is 0. The van der Waals surface area contributed by atoms with Crippen molar-refractivity contribution in [3.63, 3.8) is 0 Å². The molecule has 2 aliphatic carbocycles. The van der Waals surface area contributed by atoms with E-state index < -0.39 is 0 Å². The number of aliphatic imine (C=N–C) groups is 1. The molecule has 2 aromatic rings. The molecule has 2 saturated carbocycles. The third kappa shape index (κ3) is 4.24. The average Bonchev–Trinajstić information content (AvgIpc) is 3.53. The molecular weight excluding hydrogens is 356 g/mol. The number of benzene rings is 1. The number of aromatic nitrogens is 1. The van der Waals surface area contributed by atoms with E-state index in [4.69, 9.17) is 14.7 Å². The third-order valence-corrected chi connectivity index (χ3v) is 7.17. The second-order valence-electron chi connectivity index (χ2n) is 9.15. The Morgan fingerprint density at radius 3 is 2.21 bits per heavy atom. The summed E-state index contributed by atoms with van der Waals surface area (Å²) in [4.78, 5) is 10.0. The summed E-state index contributed by atoms with van der Waals surface area (Å²) in [7, 11) is 0. The van der Waals surface area contributed by atoms with Crippen LogP contribution in [-0.2, 0) is 11.2 Å². The molecule has 1 aromatic heterocycles. The molecule has 0 saturated heterocycles. The number of hydrogen-bond acceptors (Lipinski definition) is 3. The van der Waals surface area contributed by atoms with Gasteiger partial charge in [0, 0.05) is 11.6 Å². The second-order valence-corrected chi connectivity index (χ2v) is 9.15. The van der Waals surface area contributed by atoms with Crippen LogP contribution in [0.1, 0.15) is 74.2 Å². The topological polar surface area (TPSA) is 34.5 Å². The Kier molecular flexibility index (Phi) is 5.64. The van der Waals surface area contributed by atoms with Crippen LogP contribution in [0.15, 0.2) is 53.5 Å². The van der Waals surface area contributed by atoms with Crippen LogP contribution in [0.5, 0.6) is 0 Å². The zero-order chi connectivity index (χ0) is 19.5. The fraction of sp³-hybridized carbons (Fsp3) is 0.538. The molecule has 0 radical (unpaired) electrons. The highest BCUT2D eigenvalue weighted by Gasteiger charge is 2.35. The largest absolute Gasteiger partial charge is 0.474 e. The molecule has 0 amide bonds. The van der Waals surface area contributed by atoms with Crippen molar-refractivity contribution in [1.82, 2.24) is 4.98 Å². The molecule has 2 fully saturated rings. The summed E-state index contributed by atoms with van der Waals surface area (Å²) in [5.74, 6) is 3.00. The van der Waals surface area contributed by atoms with Crippen molar-refractivity contribution < 1.29 is 4.74 Å². The van der Waals surface area contributed by atoms with Gasteiger partial charge in [-0.1, -0.05) is 62.1 Å². The second kappa shape index (κ2) is 8.69. The Bertz CT molecular complexity index is 819. The summed E-state index contributed by atoms with van der Waals surface area (Å²) < 4.78 is 6.00. The fourth-order valence-corrected chi connectivity index (χ4v) is 5.80. The maximum Gasteiger partial charge on any atom is 0.235 e. The van der Waals surface area contributed by atoms with Crippen LogP contribution < -0.4 is 0 Å². The van der Waals surface area contributed by atoms with Gasteiger partial charge in [0.25, 0.3) is 0 Å². The van der Waals surface area contributed by atoms with Gasteiger partial charge in [-0.2, -0.15) is 0 Å². The van der Waals surface area contributed by atoms with E-state index in [0.717, 1.165) is 29.8 Å². The quantitative estimate of drug-likeness (QED) is 0.614. The van der Waals surface area contributed by atoms with Gasteiger partial charge in [-0.15, -0.1) is 0 Å². The summed E-state index contributed by atoms with van der Waals surface area (Å²) in [6.07, 6.45) is 12.0. The minimum absolute atomic E-state index is 0.193. The highest BCUT2D eigenvalue weighted by Crippen LogP contribution is 2.46. The molecule has 1 aliphatic heterocycles. The SMILES string of the molecule is c1ccc(C[C@H]2COC(c3cccc(C(C4CCCC4)C4CCCC4)n3)=N2)cc1. The molecule has 0 bridgehead atoms. The monoisotopic (exact) mass is 388 g/mol. The minimum atomic E-state index is 0.193. The Hall–Kier alpha value is -2.16. The maximum absolute atomic E-state index is 6.00. The number of rotatable bonds is 6. The van der Waals surface area contributed by atoms with Gasteiger partial charge >= 0.3 is 0 Å². The van der Waals surface area contributed by atoms with Crippen LogP contribution in [0.4, 0.5) is 0 Å². The average molecular weight is 389 g/mol. The summed E-state index contributed by atoms with van der Waals surface area (Å²) in [5.41, 5.74) is 3.54. The molecule has 152 valence electrons. The Morgan fingerprint density at radius 2 is 1.52 bits per heavy atom. The summed E-state index contributed by atoms with van der Waals surface area (Å²) in [6, 6.07) is 17.3. The lowest BCUT2D eigenvalue weighted by molar-refractivity contribution is 0.307. The van der Waals surface area contributed by atoms with Crippen molar-refractivity contribution >= 4 is 5.90 Å². The van der Waals surface area contributed by atoms with Crippen molar-refractivity contribution in [2.75, 3.05) is 6.61 Å². The molecule has 3 nitrogen and oxygen atoms in total. The van der Waals surface area contributed by atoms with Crippen LogP contribution in [0.2, 0.25) is 0 Å². The van der Waals surface area contributed by atoms with Gasteiger partial charge in [-0.25, -0.2) is 9.98 Å². The van der Waals surface area contributed by atoms with Crippen LogP contribution in [-0.4, -0.2) is 23.5 Å². The number of nitrogens with zero attached hydrogens (tertiary/aromatic N) is 2. The summed E-state index contributed by atoms with van der Waals surface area (Å²) >= 11 is 0. The van der Waals surface area contributed by atoms with Crippen molar-refractivity contribution in [2.45, 2.75) is 69.7 Å².